The quantitative estimate of drug-likeness (QED) is 0.877. The van der Waals surface area contributed by atoms with E-state index < -0.39 is 0 Å². The molecule has 0 radical (unpaired) electrons. The lowest BCUT2D eigenvalue weighted by molar-refractivity contribution is 0.102. The minimum atomic E-state index is -0.223. The Balaban J connectivity index is 1.76. The average molecular weight is 340 g/mol. The van der Waals surface area contributed by atoms with Crippen LogP contribution in [0, 0.1) is 0 Å². The Hall–Kier alpha value is -2.53. The largest absolute Gasteiger partial charge is 0.494 e. The van der Waals surface area contributed by atoms with E-state index in [0.29, 0.717) is 17.9 Å². The van der Waals surface area contributed by atoms with Crippen molar-refractivity contribution in [2.24, 2.45) is 0 Å². The Bertz CT molecular complexity index is 724. The Morgan fingerprint density at radius 1 is 1.20 bits per heavy atom. The number of piperidine rings is 1. The third-order valence-corrected chi connectivity index (χ3v) is 4.36. The summed E-state index contributed by atoms with van der Waals surface area (Å²) in [5, 5.41) is 12.7. The van der Waals surface area contributed by atoms with Crippen molar-refractivity contribution in [2.75, 3.05) is 29.9 Å². The van der Waals surface area contributed by atoms with E-state index >= 15 is 0 Å². The van der Waals surface area contributed by atoms with Gasteiger partial charge in [-0.2, -0.15) is 0 Å². The average Bonchev–Trinajstić information content (AvgIpc) is 2.63. The summed E-state index contributed by atoms with van der Waals surface area (Å²) in [6.07, 6.45) is 1.27. The van der Waals surface area contributed by atoms with Crippen LogP contribution in [0.5, 0.6) is 5.75 Å². The molecule has 1 aliphatic rings. The van der Waals surface area contributed by atoms with Gasteiger partial charge in [0.1, 0.15) is 5.75 Å². The molecule has 0 aliphatic carbocycles. The third kappa shape index (κ3) is 4.31. The lowest BCUT2D eigenvalue weighted by atomic mass is 10.1. The lowest BCUT2D eigenvalue weighted by Crippen LogP contribution is -2.36. The van der Waals surface area contributed by atoms with E-state index in [1.165, 1.54) is 0 Å². The van der Waals surface area contributed by atoms with Gasteiger partial charge in [0.2, 0.25) is 0 Å². The number of carbonyl (C=O) groups excluding carboxylic acids is 1. The van der Waals surface area contributed by atoms with Crippen molar-refractivity contribution in [2.45, 2.75) is 25.9 Å². The molecule has 1 fully saturated rings. The second-order valence-electron chi connectivity index (χ2n) is 6.15. The zero-order valence-electron chi connectivity index (χ0n) is 14.4. The summed E-state index contributed by atoms with van der Waals surface area (Å²) in [5.41, 5.74) is 2.34. The molecule has 5 heteroatoms. The van der Waals surface area contributed by atoms with Crippen molar-refractivity contribution < 1.29 is 14.6 Å². The van der Waals surface area contributed by atoms with Crippen molar-refractivity contribution in [1.29, 1.82) is 0 Å². The van der Waals surface area contributed by atoms with Gasteiger partial charge in [-0.15, -0.1) is 0 Å². The Morgan fingerprint density at radius 2 is 1.96 bits per heavy atom. The van der Waals surface area contributed by atoms with Gasteiger partial charge in [-0.05, 0) is 50.1 Å². The van der Waals surface area contributed by atoms with Crippen molar-refractivity contribution in [3.8, 4) is 5.75 Å². The number of aliphatic hydroxyl groups excluding tert-OH is 1. The van der Waals surface area contributed by atoms with Crippen LogP contribution in [0.1, 0.15) is 30.1 Å². The Kier molecular flexibility index (Phi) is 5.56. The molecule has 1 heterocycles. The highest BCUT2D eigenvalue weighted by Crippen LogP contribution is 2.29. The maximum absolute atomic E-state index is 12.6. The third-order valence-electron chi connectivity index (χ3n) is 4.36. The molecule has 1 saturated heterocycles. The van der Waals surface area contributed by atoms with Crippen LogP contribution < -0.4 is 15.0 Å². The van der Waals surface area contributed by atoms with Crippen LogP contribution in [-0.4, -0.2) is 36.8 Å². The molecule has 25 heavy (non-hydrogen) atoms. The predicted molar refractivity (Wildman–Crippen MR) is 99.5 cm³/mol. The second-order valence-corrected chi connectivity index (χ2v) is 6.15. The van der Waals surface area contributed by atoms with Gasteiger partial charge in [-0.3, -0.25) is 4.79 Å². The van der Waals surface area contributed by atoms with Crippen LogP contribution in [0.3, 0.4) is 0 Å². The molecule has 3 rings (SSSR count). The molecule has 1 aliphatic heterocycles. The van der Waals surface area contributed by atoms with Crippen LogP contribution in [0.2, 0.25) is 0 Å². The van der Waals surface area contributed by atoms with Crippen LogP contribution in [0.15, 0.2) is 48.5 Å². The fourth-order valence-corrected chi connectivity index (χ4v) is 3.05. The van der Waals surface area contributed by atoms with Crippen LogP contribution in [0.25, 0.3) is 0 Å². The number of amides is 1. The number of ether oxygens (including phenoxy) is 1. The number of benzene rings is 2. The fraction of sp³-hybridized carbons (Fsp3) is 0.350. The summed E-state index contributed by atoms with van der Waals surface area (Å²) in [6.45, 7) is 4.05. The molecule has 0 aromatic heterocycles. The number of rotatable bonds is 5. The van der Waals surface area contributed by atoms with Gasteiger partial charge in [0.05, 0.1) is 24.1 Å². The van der Waals surface area contributed by atoms with Gasteiger partial charge >= 0.3 is 0 Å². The van der Waals surface area contributed by atoms with Crippen LogP contribution in [-0.2, 0) is 0 Å². The van der Waals surface area contributed by atoms with Crippen molar-refractivity contribution >= 4 is 17.3 Å². The second kappa shape index (κ2) is 8.03. The molecule has 0 unspecified atom stereocenters. The first kappa shape index (κ1) is 17.3. The molecule has 2 aromatic rings. The monoisotopic (exact) mass is 340 g/mol. The minimum Gasteiger partial charge on any atom is -0.494 e. The first-order valence-corrected chi connectivity index (χ1v) is 8.73. The van der Waals surface area contributed by atoms with E-state index in [0.717, 1.165) is 37.3 Å². The van der Waals surface area contributed by atoms with E-state index in [4.69, 9.17) is 4.74 Å². The van der Waals surface area contributed by atoms with Gasteiger partial charge in [0.25, 0.3) is 5.91 Å². The van der Waals surface area contributed by atoms with E-state index in [9.17, 15) is 9.90 Å². The number of aliphatic hydroxyl groups is 1. The Morgan fingerprint density at radius 3 is 2.72 bits per heavy atom. The summed E-state index contributed by atoms with van der Waals surface area (Å²) >= 11 is 0. The predicted octanol–water partition coefficient (Wildman–Crippen LogP) is 3.30. The molecule has 5 nitrogen and oxygen atoms in total. The highest BCUT2D eigenvalue weighted by atomic mass is 16.5. The summed E-state index contributed by atoms with van der Waals surface area (Å²) < 4.78 is 5.46. The number of anilines is 2. The van der Waals surface area contributed by atoms with E-state index in [2.05, 4.69) is 10.2 Å². The zero-order valence-corrected chi connectivity index (χ0v) is 14.4. The van der Waals surface area contributed by atoms with Crippen molar-refractivity contribution in [1.82, 2.24) is 0 Å². The molecule has 132 valence electrons. The van der Waals surface area contributed by atoms with Crippen LogP contribution in [0.4, 0.5) is 11.4 Å². The number of nitrogens with one attached hydrogen (secondary N) is 1. The van der Waals surface area contributed by atoms with E-state index in [-0.39, 0.29) is 12.0 Å². The molecule has 0 bridgehead atoms. The maximum Gasteiger partial charge on any atom is 0.255 e. The SMILES string of the molecule is CCOc1cccc(C(=O)Nc2ccccc2N2CCC(O)CC2)c1. The summed E-state index contributed by atoms with van der Waals surface area (Å²) in [5.74, 6) is 0.527. The molecular weight excluding hydrogens is 316 g/mol. The van der Waals surface area contributed by atoms with Crippen molar-refractivity contribution in [3.63, 3.8) is 0 Å². The molecule has 0 atom stereocenters. The van der Waals surface area contributed by atoms with E-state index in [1.807, 2.05) is 43.3 Å². The number of para-hydroxylation sites is 2. The summed E-state index contributed by atoms with van der Waals surface area (Å²) in [7, 11) is 0. The fourth-order valence-electron chi connectivity index (χ4n) is 3.05. The highest BCUT2D eigenvalue weighted by Gasteiger charge is 2.20. The first-order valence-electron chi connectivity index (χ1n) is 8.73. The standard InChI is InChI=1S/C20H24N2O3/c1-2-25-17-7-5-6-15(14-17)20(24)21-18-8-3-4-9-19(18)22-12-10-16(23)11-13-22/h3-9,14,16,23H,2,10-13H2,1H3,(H,21,24). The van der Waals surface area contributed by atoms with Crippen molar-refractivity contribution in [3.05, 3.63) is 54.1 Å². The maximum atomic E-state index is 12.6. The zero-order chi connectivity index (χ0) is 17.6. The summed E-state index contributed by atoms with van der Waals surface area (Å²) in [4.78, 5) is 14.8. The molecular formula is C20H24N2O3. The van der Waals surface area contributed by atoms with Gasteiger partial charge in [0, 0.05) is 18.7 Å². The minimum absolute atomic E-state index is 0.161. The van der Waals surface area contributed by atoms with Gasteiger partial charge in [0.15, 0.2) is 0 Å². The highest BCUT2D eigenvalue weighted by molar-refractivity contribution is 6.06. The first-order chi connectivity index (χ1) is 12.2. The molecule has 1 amide bonds. The van der Waals surface area contributed by atoms with Gasteiger partial charge in [-0.25, -0.2) is 0 Å². The smallest absolute Gasteiger partial charge is 0.255 e. The number of carbonyl (C=O) groups is 1. The molecule has 0 spiro atoms. The Labute approximate surface area is 148 Å². The van der Waals surface area contributed by atoms with Gasteiger partial charge in [-0.1, -0.05) is 18.2 Å². The number of hydrogen-bond acceptors (Lipinski definition) is 4. The van der Waals surface area contributed by atoms with Gasteiger partial charge < -0.3 is 20.1 Å². The number of hydrogen-bond donors (Lipinski definition) is 2. The van der Waals surface area contributed by atoms with Crippen LogP contribution >= 0.6 is 0 Å². The van der Waals surface area contributed by atoms with E-state index in [1.54, 1.807) is 12.1 Å². The molecule has 2 aromatic carbocycles. The normalized spacial score (nSPS) is 15.0. The lowest BCUT2D eigenvalue weighted by Gasteiger charge is -2.32. The summed E-state index contributed by atoms with van der Waals surface area (Å²) in [6, 6.07) is 15.0. The molecule has 0 saturated carbocycles. The molecule has 2 N–H and O–H groups in total. The number of nitrogens with zero attached hydrogens (tertiary/aromatic N) is 1. The topological polar surface area (TPSA) is 61.8 Å².